The molecule has 0 N–H and O–H groups in total. The van der Waals surface area contributed by atoms with Crippen LogP contribution in [0.4, 0.5) is 8.78 Å². The van der Waals surface area contributed by atoms with Gasteiger partial charge in [-0.3, -0.25) is 0 Å². The summed E-state index contributed by atoms with van der Waals surface area (Å²) in [4.78, 5) is 0. The highest BCUT2D eigenvalue weighted by Gasteiger charge is 2.15. The van der Waals surface area contributed by atoms with Gasteiger partial charge in [0, 0.05) is 20.1 Å². The molecule has 0 aliphatic heterocycles. The van der Waals surface area contributed by atoms with Gasteiger partial charge in [-0.25, -0.2) is 8.78 Å². The Bertz CT molecular complexity index is 476. The van der Waals surface area contributed by atoms with Crippen molar-refractivity contribution in [3.05, 3.63) is 33.1 Å². The van der Waals surface area contributed by atoms with Crippen LogP contribution in [0, 0.1) is 6.92 Å². The first kappa shape index (κ1) is 10.1. The molecule has 0 fully saturated rings. The van der Waals surface area contributed by atoms with E-state index in [-0.39, 0.29) is 5.56 Å². The van der Waals surface area contributed by atoms with Crippen LogP contribution in [-0.2, 0) is 0 Å². The van der Waals surface area contributed by atoms with E-state index in [0.717, 1.165) is 14.7 Å². The number of hydrogen-bond acceptors (Lipinski definition) is 1. The fourth-order valence-electron chi connectivity index (χ4n) is 1.44. The van der Waals surface area contributed by atoms with Gasteiger partial charge in [-0.15, -0.1) is 11.3 Å². The third-order valence-corrected chi connectivity index (χ3v) is 4.05. The second kappa shape index (κ2) is 3.59. The monoisotopic (exact) mass is 276 g/mol. The Morgan fingerprint density at radius 1 is 1.43 bits per heavy atom. The van der Waals surface area contributed by atoms with Gasteiger partial charge in [0.25, 0.3) is 6.43 Å². The molecule has 0 atom stereocenters. The first-order valence-corrected chi connectivity index (χ1v) is 5.73. The maximum atomic E-state index is 12.7. The number of hydrogen-bond donors (Lipinski definition) is 0. The lowest BCUT2D eigenvalue weighted by atomic mass is 10.1. The summed E-state index contributed by atoms with van der Waals surface area (Å²) >= 11 is 4.79. The maximum Gasteiger partial charge on any atom is 0.264 e. The van der Waals surface area contributed by atoms with Crippen molar-refractivity contribution in [1.29, 1.82) is 0 Å². The molecule has 2 aromatic rings. The Morgan fingerprint density at radius 3 is 2.79 bits per heavy atom. The molecule has 0 amide bonds. The number of thiophene rings is 1. The Kier molecular flexibility index (Phi) is 2.58. The van der Waals surface area contributed by atoms with Gasteiger partial charge in [0.1, 0.15) is 0 Å². The summed E-state index contributed by atoms with van der Waals surface area (Å²) < 4.78 is 27.0. The maximum absolute atomic E-state index is 12.7. The predicted octanol–water partition coefficient (Wildman–Crippen LogP) is 4.91. The lowest BCUT2D eigenvalue weighted by molar-refractivity contribution is 0.153. The number of fused-ring (bicyclic) bond motifs is 1. The molecule has 74 valence electrons. The van der Waals surface area contributed by atoms with E-state index in [9.17, 15) is 8.78 Å². The van der Waals surface area contributed by atoms with Crippen molar-refractivity contribution in [2.45, 2.75) is 13.3 Å². The summed E-state index contributed by atoms with van der Waals surface area (Å²) in [5.41, 5.74) is 1.14. The van der Waals surface area contributed by atoms with E-state index in [2.05, 4.69) is 15.9 Å². The van der Waals surface area contributed by atoms with Crippen molar-refractivity contribution in [2.75, 3.05) is 0 Å². The molecule has 0 unspecified atom stereocenters. The molecule has 0 bridgehead atoms. The van der Waals surface area contributed by atoms with E-state index < -0.39 is 6.43 Å². The first-order chi connectivity index (χ1) is 6.61. The Balaban J connectivity index is 2.84. The van der Waals surface area contributed by atoms with E-state index in [4.69, 9.17) is 0 Å². The van der Waals surface area contributed by atoms with Gasteiger partial charge in [-0.1, -0.05) is 15.9 Å². The highest BCUT2D eigenvalue weighted by molar-refractivity contribution is 9.10. The zero-order chi connectivity index (χ0) is 10.3. The molecule has 0 aliphatic carbocycles. The minimum absolute atomic E-state index is 0.110. The second-order valence-corrected chi connectivity index (χ2v) is 4.81. The van der Waals surface area contributed by atoms with Crippen molar-refractivity contribution < 1.29 is 8.78 Å². The molecular formula is C10H7BrF2S. The van der Waals surface area contributed by atoms with Crippen LogP contribution in [0.5, 0.6) is 0 Å². The summed E-state index contributed by atoms with van der Waals surface area (Å²) in [5.74, 6) is 0. The van der Waals surface area contributed by atoms with Crippen molar-refractivity contribution >= 4 is 37.4 Å². The average molecular weight is 277 g/mol. The largest absolute Gasteiger partial charge is 0.264 e. The van der Waals surface area contributed by atoms with Crippen molar-refractivity contribution in [3.8, 4) is 0 Å². The first-order valence-electron chi connectivity index (χ1n) is 4.05. The Hall–Kier alpha value is -0.480. The van der Waals surface area contributed by atoms with Crippen LogP contribution in [0.15, 0.2) is 22.0 Å². The predicted molar refractivity (Wildman–Crippen MR) is 59.2 cm³/mol. The smallest absolute Gasteiger partial charge is 0.205 e. The van der Waals surface area contributed by atoms with Gasteiger partial charge in [0.15, 0.2) is 0 Å². The van der Waals surface area contributed by atoms with Crippen LogP contribution >= 0.6 is 27.3 Å². The van der Waals surface area contributed by atoms with Gasteiger partial charge in [-0.05, 0) is 30.0 Å². The number of alkyl halides is 2. The van der Waals surface area contributed by atoms with Gasteiger partial charge in [-0.2, -0.15) is 0 Å². The van der Waals surface area contributed by atoms with E-state index in [1.165, 1.54) is 17.4 Å². The Labute approximate surface area is 92.7 Å². The molecule has 0 saturated carbocycles. The SMILES string of the molecule is Cc1c(Br)cc(C(F)F)c2ccsc12. The van der Waals surface area contributed by atoms with Gasteiger partial charge in [0.2, 0.25) is 0 Å². The van der Waals surface area contributed by atoms with Crippen molar-refractivity contribution in [2.24, 2.45) is 0 Å². The third kappa shape index (κ3) is 1.46. The number of aryl methyl sites for hydroxylation is 1. The van der Waals surface area contributed by atoms with Gasteiger partial charge < -0.3 is 0 Å². The zero-order valence-corrected chi connectivity index (χ0v) is 9.75. The number of halogens is 3. The van der Waals surface area contributed by atoms with Crippen LogP contribution < -0.4 is 0 Å². The third-order valence-electron chi connectivity index (χ3n) is 2.19. The minimum Gasteiger partial charge on any atom is -0.205 e. The molecule has 0 aliphatic rings. The van der Waals surface area contributed by atoms with Crippen LogP contribution in [0.1, 0.15) is 17.6 Å². The minimum atomic E-state index is -2.41. The number of benzene rings is 1. The molecule has 4 heteroatoms. The molecule has 0 nitrogen and oxygen atoms in total. The second-order valence-electron chi connectivity index (χ2n) is 3.04. The molecule has 0 saturated heterocycles. The normalized spacial score (nSPS) is 11.5. The van der Waals surface area contributed by atoms with Crippen LogP contribution in [0.25, 0.3) is 10.1 Å². The van der Waals surface area contributed by atoms with Crippen LogP contribution in [0.3, 0.4) is 0 Å². The average Bonchev–Trinajstić information content (AvgIpc) is 2.59. The highest BCUT2D eigenvalue weighted by atomic mass is 79.9. The molecule has 1 heterocycles. The lowest BCUT2D eigenvalue weighted by Crippen LogP contribution is -1.87. The van der Waals surface area contributed by atoms with E-state index in [0.29, 0.717) is 5.39 Å². The molecule has 1 aromatic heterocycles. The quantitative estimate of drug-likeness (QED) is 0.694. The van der Waals surface area contributed by atoms with Crippen LogP contribution in [-0.4, -0.2) is 0 Å². The lowest BCUT2D eigenvalue weighted by Gasteiger charge is -2.06. The summed E-state index contributed by atoms with van der Waals surface area (Å²) in [6.07, 6.45) is -2.41. The summed E-state index contributed by atoms with van der Waals surface area (Å²) in [5, 5.41) is 2.52. The number of rotatable bonds is 1. The molecule has 14 heavy (non-hydrogen) atoms. The molecule has 0 spiro atoms. The van der Waals surface area contributed by atoms with Crippen molar-refractivity contribution in [1.82, 2.24) is 0 Å². The van der Waals surface area contributed by atoms with Crippen molar-refractivity contribution in [3.63, 3.8) is 0 Å². The molecule has 2 rings (SSSR count). The topological polar surface area (TPSA) is 0 Å². The fourth-order valence-corrected chi connectivity index (χ4v) is 2.95. The van der Waals surface area contributed by atoms with E-state index in [1.807, 2.05) is 12.3 Å². The summed E-state index contributed by atoms with van der Waals surface area (Å²) in [6, 6.07) is 3.26. The van der Waals surface area contributed by atoms with E-state index >= 15 is 0 Å². The zero-order valence-electron chi connectivity index (χ0n) is 7.35. The molecule has 0 radical (unpaired) electrons. The van der Waals surface area contributed by atoms with Crippen LogP contribution in [0.2, 0.25) is 0 Å². The molecular weight excluding hydrogens is 270 g/mol. The molecule has 1 aromatic carbocycles. The highest BCUT2D eigenvalue weighted by Crippen LogP contribution is 2.36. The van der Waals surface area contributed by atoms with Gasteiger partial charge in [0.05, 0.1) is 0 Å². The van der Waals surface area contributed by atoms with E-state index in [1.54, 1.807) is 6.07 Å². The summed E-state index contributed by atoms with van der Waals surface area (Å²) in [7, 11) is 0. The summed E-state index contributed by atoms with van der Waals surface area (Å²) in [6.45, 7) is 1.93. The fraction of sp³-hybridized carbons (Fsp3) is 0.200. The van der Waals surface area contributed by atoms with Gasteiger partial charge >= 0.3 is 0 Å². The standard InChI is InChI=1S/C10H7BrF2S/c1-5-8(11)4-7(10(12)13)6-2-3-14-9(5)6/h2-4,10H,1H3. The Morgan fingerprint density at radius 2 is 2.14 bits per heavy atom.